The number of rotatable bonds is 5. The summed E-state index contributed by atoms with van der Waals surface area (Å²) in [4.78, 5) is 42.3. The van der Waals surface area contributed by atoms with Crippen molar-refractivity contribution in [3.63, 3.8) is 0 Å². The van der Waals surface area contributed by atoms with Crippen molar-refractivity contribution in [2.75, 3.05) is 0 Å². The fourth-order valence-corrected chi connectivity index (χ4v) is 3.12. The highest BCUT2D eigenvalue weighted by Gasteiger charge is 2.23. The fourth-order valence-electron chi connectivity index (χ4n) is 2.06. The Labute approximate surface area is 124 Å². The first-order chi connectivity index (χ1) is 9.95. The summed E-state index contributed by atoms with van der Waals surface area (Å²) in [5.41, 5.74) is 0.207. The maximum absolute atomic E-state index is 12.2. The van der Waals surface area contributed by atoms with Gasteiger partial charge in [0.25, 0.3) is 11.5 Å². The molecule has 0 aliphatic carbocycles. The second-order valence-electron chi connectivity index (χ2n) is 4.62. The van der Waals surface area contributed by atoms with Gasteiger partial charge in [-0.15, -0.1) is 11.3 Å². The summed E-state index contributed by atoms with van der Waals surface area (Å²) < 4.78 is 0. The maximum Gasteiger partial charge on any atom is 0.326 e. The molecule has 0 saturated carbocycles. The quantitative estimate of drug-likeness (QED) is 0.770. The van der Waals surface area contributed by atoms with E-state index in [1.165, 1.54) is 6.33 Å². The number of aromatic nitrogens is 2. The van der Waals surface area contributed by atoms with Gasteiger partial charge in [0.15, 0.2) is 0 Å². The number of fused-ring (bicyclic) bond motifs is 1. The van der Waals surface area contributed by atoms with Crippen molar-refractivity contribution in [1.29, 1.82) is 0 Å². The molecule has 0 aromatic carbocycles. The number of carbonyl (C=O) groups excluding carboxylic acids is 1. The van der Waals surface area contributed by atoms with Gasteiger partial charge >= 0.3 is 5.97 Å². The van der Waals surface area contributed by atoms with Gasteiger partial charge in [-0.3, -0.25) is 9.59 Å². The van der Waals surface area contributed by atoms with Crippen molar-refractivity contribution < 1.29 is 14.7 Å². The van der Waals surface area contributed by atoms with E-state index >= 15 is 0 Å². The van der Waals surface area contributed by atoms with Gasteiger partial charge in [0.1, 0.15) is 10.9 Å². The molecule has 0 saturated heterocycles. The Hall–Kier alpha value is -2.22. The number of nitrogens with zero attached hydrogens (tertiary/aromatic N) is 1. The number of nitrogens with one attached hydrogen (secondary N) is 2. The minimum absolute atomic E-state index is 0.309. The summed E-state index contributed by atoms with van der Waals surface area (Å²) in [6, 6.07) is -0.932. The lowest BCUT2D eigenvalue weighted by Gasteiger charge is -2.12. The van der Waals surface area contributed by atoms with E-state index in [9.17, 15) is 14.4 Å². The SMILES string of the molecule is CCC[C@H](NC(=O)c1sc2nc[nH]c(=O)c2c1C)C(=O)O. The number of carboxylic acids is 1. The first-order valence-corrected chi connectivity index (χ1v) is 7.27. The third-order valence-electron chi connectivity index (χ3n) is 3.12. The van der Waals surface area contributed by atoms with Crippen LogP contribution in [0.25, 0.3) is 10.2 Å². The van der Waals surface area contributed by atoms with E-state index < -0.39 is 17.9 Å². The van der Waals surface area contributed by atoms with Gasteiger partial charge < -0.3 is 15.4 Å². The molecular formula is C13H15N3O4S. The van der Waals surface area contributed by atoms with Gasteiger partial charge in [0.2, 0.25) is 0 Å². The van der Waals surface area contributed by atoms with Gasteiger partial charge in [0, 0.05) is 0 Å². The van der Waals surface area contributed by atoms with E-state index in [1.807, 2.05) is 6.92 Å². The van der Waals surface area contributed by atoms with Crippen molar-refractivity contribution in [1.82, 2.24) is 15.3 Å². The maximum atomic E-state index is 12.2. The van der Waals surface area contributed by atoms with Gasteiger partial charge in [-0.05, 0) is 18.9 Å². The van der Waals surface area contributed by atoms with Gasteiger partial charge in [-0.2, -0.15) is 0 Å². The number of amides is 1. The normalized spacial score (nSPS) is 12.3. The first-order valence-electron chi connectivity index (χ1n) is 6.46. The van der Waals surface area contributed by atoms with Gasteiger partial charge in [-0.1, -0.05) is 13.3 Å². The topological polar surface area (TPSA) is 112 Å². The lowest BCUT2D eigenvalue weighted by Crippen LogP contribution is -2.40. The number of carboxylic acid groups (broad SMARTS) is 1. The number of aryl methyl sites for hydroxylation is 1. The Bertz CT molecular complexity index is 749. The average Bonchev–Trinajstić information content (AvgIpc) is 2.77. The first kappa shape index (κ1) is 15.2. The number of carbonyl (C=O) groups is 2. The number of hydrogen-bond acceptors (Lipinski definition) is 5. The van der Waals surface area contributed by atoms with Crippen molar-refractivity contribution in [3.8, 4) is 0 Å². The zero-order valence-corrected chi connectivity index (χ0v) is 12.4. The molecule has 0 fully saturated rings. The van der Waals surface area contributed by atoms with Crippen LogP contribution in [0.5, 0.6) is 0 Å². The smallest absolute Gasteiger partial charge is 0.326 e. The number of hydrogen-bond donors (Lipinski definition) is 3. The second kappa shape index (κ2) is 6.04. The van der Waals surface area contributed by atoms with Crippen LogP contribution in [0, 0.1) is 6.92 Å². The molecule has 3 N–H and O–H groups in total. The lowest BCUT2D eigenvalue weighted by molar-refractivity contribution is -0.139. The van der Waals surface area contributed by atoms with Crippen LogP contribution >= 0.6 is 11.3 Å². The van der Waals surface area contributed by atoms with E-state index in [0.717, 1.165) is 11.3 Å². The van der Waals surface area contributed by atoms with E-state index in [0.29, 0.717) is 33.5 Å². The molecule has 8 heteroatoms. The molecule has 2 aromatic heterocycles. The molecular weight excluding hydrogens is 294 g/mol. The van der Waals surface area contributed by atoms with E-state index in [2.05, 4.69) is 15.3 Å². The van der Waals surface area contributed by atoms with Gasteiger partial charge in [0.05, 0.1) is 16.6 Å². The van der Waals surface area contributed by atoms with Crippen molar-refractivity contribution >= 4 is 33.4 Å². The summed E-state index contributed by atoms with van der Waals surface area (Å²) in [6.07, 6.45) is 2.27. The number of H-pyrrole nitrogens is 1. The zero-order chi connectivity index (χ0) is 15.6. The number of aliphatic carboxylic acids is 1. The summed E-state index contributed by atoms with van der Waals surface area (Å²) in [5, 5.41) is 11.9. The third-order valence-corrected chi connectivity index (χ3v) is 4.32. The Morgan fingerprint density at radius 1 is 1.52 bits per heavy atom. The fraction of sp³-hybridized carbons (Fsp3) is 0.385. The predicted molar refractivity (Wildman–Crippen MR) is 78.8 cm³/mol. The monoisotopic (exact) mass is 309 g/mol. The summed E-state index contributed by atoms with van der Waals surface area (Å²) >= 11 is 1.08. The van der Waals surface area contributed by atoms with Crippen molar-refractivity contribution in [2.45, 2.75) is 32.7 Å². The molecule has 7 nitrogen and oxygen atoms in total. The summed E-state index contributed by atoms with van der Waals surface area (Å²) in [5.74, 6) is -1.56. The van der Waals surface area contributed by atoms with Crippen LogP contribution in [-0.2, 0) is 4.79 Å². The Kier molecular flexibility index (Phi) is 4.37. The average molecular weight is 309 g/mol. The Morgan fingerprint density at radius 3 is 2.81 bits per heavy atom. The molecule has 112 valence electrons. The molecule has 0 unspecified atom stereocenters. The highest BCUT2D eigenvalue weighted by molar-refractivity contribution is 7.20. The van der Waals surface area contributed by atoms with Crippen LogP contribution in [0.1, 0.15) is 35.0 Å². The molecule has 0 aliphatic rings. The molecule has 21 heavy (non-hydrogen) atoms. The molecule has 0 spiro atoms. The van der Waals surface area contributed by atoms with Crippen LogP contribution in [0.3, 0.4) is 0 Å². The third kappa shape index (κ3) is 2.94. The largest absolute Gasteiger partial charge is 0.480 e. The minimum atomic E-state index is -1.07. The lowest BCUT2D eigenvalue weighted by atomic mass is 10.1. The minimum Gasteiger partial charge on any atom is -0.480 e. The molecule has 0 radical (unpaired) electrons. The molecule has 1 amide bonds. The zero-order valence-electron chi connectivity index (χ0n) is 11.6. The number of thiophene rings is 1. The Balaban J connectivity index is 2.36. The second-order valence-corrected chi connectivity index (χ2v) is 5.62. The molecule has 2 rings (SSSR count). The van der Waals surface area contributed by atoms with E-state index in [4.69, 9.17) is 5.11 Å². The van der Waals surface area contributed by atoms with Crippen molar-refractivity contribution in [2.24, 2.45) is 0 Å². The van der Waals surface area contributed by atoms with E-state index in [1.54, 1.807) is 6.92 Å². The van der Waals surface area contributed by atoms with Crippen molar-refractivity contribution in [3.05, 3.63) is 27.1 Å². The highest BCUT2D eigenvalue weighted by Crippen LogP contribution is 2.26. The molecule has 2 aromatic rings. The van der Waals surface area contributed by atoms with E-state index in [-0.39, 0.29) is 5.56 Å². The molecule has 2 heterocycles. The highest BCUT2D eigenvalue weighted by atomic mass is 32.1. The molecule has 0 bridgehead atoms. The molecule has 0 aliphatic heterocycles. The summed E-state index contributed by atoms with van der Waals surface area (Å²) in [6.45, 7) is 3.50. The van der Waals surface area contributed by atoms with Crippen LogP contribution in [0.4, 0.5) is 0 Å². The predicted octanol–water partition coefficient (Wildman–Crippen LogP) is 1.28. The van der Waals surface area contributed by atoms with Crippen LogP contribution in [0.15, 0.2) is 11.1 Å². The number of aromatic amines is 1. The molecule has 1 atom stereocenters. The van der Waals surface area contributed by atoms with Crippen LogP contribution in [0.2, 0.25) is 0 Å². The Morgan fingerprint density at radius 2 is 2.24 bits per heavy atom. The standard InChI is InChI=1S/C13H15N3O4S/c1-3-4-7(13(19)20)16-11(18)9-6(2)8-10(17)14-5-15-12(8)21-9/h5,7H,3-4H2,1-2H3,(H,16,18)(H,19,20)(H,14,15,17)/t7-/m0/s1. The van der Waals surface area contributed by atoms with Crippen LogP contribution < -0.4 is 10.9 Å². The van der Waals surface area contributed by atoms with Crippen LogP contribution in [-0.4, -0.2) is 33.0 Å². The summed E-state index contributed by atoms with van der Waals surface area (Å²) in [7, 11) is 0. The van der Waals surface area contributed by atoms with Gasteiger partial charge in [-0.25, -0.2) is 9.78 Å².